The predicted octanol–water partition coefficient (Wildman–Crippen LogP) is 3.36. The maximum Gasteiger partial charge on any atom is 0.230 e. The van der Waals surface area contributed by atoms with E-state index in [2.05, 4.69) is 6.92 Å². The Balaban J connectivity index is 2.45. The molecule has 0 heterocycles. The fourth-order valence-corrected chi connectivity index (χ4v) is 4.21. The monoisotopic (exact) mass is 234 g/mol. The van der Waals surface area contributed by atoms with Crippen molar-refractivity contribution in [3.05, 3.63) is 0 Å². The van der Waals surface area contributed by atoms with Crippen LogP contribution in [0.3, 0.4) is 0 Å². The summed E-state index contributed by atoms with van der Waals surface area (Å²) >= 11 is 0. The molecule has 0 aliphatic heterocycles. The largest absolute Gasteiger partial charge is 0.386 e. The van der Waals surface area contributed by atoms with Crippen LogP contribution in [0.25, 0.3) is 0 Å². The van der Waals surface area contributed by atoms with Crippen LogP contribution >= 0.6 is 7.37 Å². The normalized spacial score (nSPS) is 22.5. The molecule has 1 unspecified atom stereocenters. The van der Waals surface area contributed by atoms with Gasteiger partial charge in [0.1, 0.15) is 6.35 Å². The lowest BCUT2D eigenvalue weighted by molar-refractivity contribution is 0.256. The summed E-state index contributed by atoms with van der Waals surface area (Å²) in [5.74, 6) is 0. The van der Waals surface area contributed by atoms with Gasteiger partial charge in [-0.15, -0.1) is 0 Å². The second-order valence-electron chi connectivity index (χ2n) is 4.35. The highest BCUT2D eigenvalue weighted by Gasteiger charge is 2.34. The van der Waals surface area contributed by atoms with Gasteiger partial charge < -0.3 is 9.63 Å². The summed E-state index contributed by atoms with van der Waals surface area (Å²) in [6, 6.07) is 0. The summed E-state index contributed by atoms with van der Waals surface area (Å²) in [5.41, 5.74) is 0.119. The van der Waals surface area contributed by atoms with Crippen molar-refractivity contribution in [3.63, 3.8) is 0 Å². The molecular formula is C11H23O3P. The highest BCUT2D eigenvalue weighted by Crippen LogP contribution is 2.55. The van der Waals surface area contributed by atoms with Crippen LogP contribution in [0.2, 0.25) is 0 Å². The van der Waals surface area contributed by atoms with E-state index in [0.717, 1.165) is 38.5 Å². The molecule has 1 fully saturated rings. The molecule has 0 amide bonds. The molecule has 0 saturated heterocycles. The summed E-state index contributed by atoms with van der Waals surface area (Å²) < 4.78 is 17.8. The number of unbranched alkanes of at least 4 members (excludes halogenated alkanes) is 1. The molecular weight excluding hydrogens is 211 g/mol. The molecule has 1 aliphatic rings. The van der Waals surface area contributed by atoms with E-state index < -0.39 is 7.37 Å². The first-order valence-corrected chi connectivity index (χ1v) is 7.95. The molecule has 0 aromatic rings. The zero-order valence-electron chi connectivity index (χ0n) is 9.65. The van der Waals surface area contributed by atoms with Crippen LogP contribution in [0.4, 0.5) is 0 Å². The average Bonchev–Trinajstić information content (AvgIpc) is 2.30. The van der Waals surface area contributed by atoms with Crippen molar-refractivity contribution in [2.45, 2.75) is 57.5 Å². The standard InChI is InChI=1S/C11H23O3P/c1-2-3-9-14-15(13,10-12)11-7-5-4-6-8-11/h11-12H,2-10H2,1H3. The number of rotatable bonds is 6. The third-order valence-electron chi connectivity index (χ3n) is 3.14. The van der Waals surface area contributed by atoms with Crippen molar-refractivity contribution in [2.24, 2.45) is 0 Å². The predicted molar refractivity (Wildman–Crippen MR) is 62.4 cm³/mol. The summed E-state index contributed by atoms with van der Waals surface area (Å²) in [7, 11) is -2.75. The Bertz CT molecular complexity index is 212. The fraction of sp³-hybridized carbons (Fsp3) is 1.00. The summed E-state index contributed by atoms with van der Waals surface area (Å²) in [6.07, 6.45) is 7.11. The van der Waals surface area contributed by atoms with E-state index in [4.69, 9.17) is 4.52 Å². The van der Waals surface area contributed by atoms with Crippen LogP contribution in [-0.2, 0) is 9.09 Å². The highest BCUT2D eigenvalue weighted by atomic mass is 31.2. The molecule has 0 radical (unpaired) electrons. The summed E-state index contributed by atoms with van der Waals surface area (Å²) in [5, 5.41) is 9.25. The van der Waals surface area contributed by atoms with E-state index in [1.54, 1.807) is 0 Å². The van der Waals surface area contributed by atoms with Gasteiger partial charge in [0.25, 0.3) is 0 Å². The Morgan fingerprint density at radius 1 is 1.33 bits per heavy atom. The molecule has 0 bridgehead atoms. The van der Waals surface area contributed by atoms with Crippen molar-refractivity contribution in [1.82, 2.24) is 0 Å². The Hall–Kier alpha value is 0.150. The molecule has 1 aliphatic carbocycles. The SMILES string of the molecule is CCCCOP(=O)(CO)C1CCCCC1. The van der Waals surface area contributed by atoms with Gasteiger partial charge in [-0.1, -0.05) is 32.6 Å². The molecule has 1 atom stereocenters. The first kappa shape index (κ1) is 13.2. The van der Waals surface area contributed by atoms with Crippen molar-refractivity contribution >= 4 is 7.37 Å². The van der Waals surface area contributed by atoms with E-state index in [0.29, 0.717) is 6.61 Å². The van der Waals surface area contributed by atoms with Crippen LogP contribution in [-0.4, -0.2) is 23.7 Å². The molecule has 4 heteroatoms. The lowest BCUT2D eigenvalue weighted by Crippen LogP contribution is -2.17. The Morgan fingerprint density at radius 3 is 2.53 bits per heavy atom. The molecule has 0 aromatic carbocycles. The Kier molecular flexibility index (Phi) is 5.88. The zero-order valence-corrected chi connectivity index (χ0v) is 10.5. The zero-order chi connectivity index (χ0) is 11.1. The minimum absolute atomic E-state index is 0.119. The molecule has 1 N–H and O–H groups in total. The van der Waals surface area contributed by atoms with Gasteiger partial charge in [0, 0.05) is 5.66 Å². The summed E-state index contributed by atoms with van der Waals surface area (Å²) in [6.45, 7) is 2.61. The van der Waals surface area contributed by atoms with Crippen molar-refractivity contribution in [3.8, 4) is 0 Å². The molecule has 0 spiro atoms. The second kappa shape index (κ2) is 6.67. The smallest absolute Gasteiger partial charge is 0.230 e. The molecule has 15 heavy (non-hydrogen) atoms. The molecule has 90 valence electrons. The maximum absolute atomic E-state index is 12.3. The molecule has 1 rings (SSSR count). The quantitative estimate of drug-likeness (QED) is 0.566. The topological polar surface area (TPSA) is 46.5 Å². The van der Waals surface area contributed by atoms with Gasteiger partial charge in [-0.2, -0.15) is 0 Å². The molecule has 3 nitrogen and oxygen atoms in total. The average molecular weight is 234 g/mol. The third kappa shape index (κ3) is 3.90. The Morgan fingerprint density at radius 2 is 2.00 bits per heavy atom. The highest BCUT2D eigenvalue weighted by molar-refractivity contribution is 7.59. The van der Waals surface area contributed by atoms with Crippen molar-refractivity contribution in [2.75, 3.05) is 13.0 Å². The van der Waals surface area contributed by atoms with E-state index in [1.807, 2.05) is 0 Å². The van der Waals surface area contributed by atoms with Gasteiger partial charge in [0.2, 0.25) is 7.37 Å². The summed E-state index contributed by atoms with van der Waals surface area (Å²) in [4.78, 5) is 0. The van der Waals surface area contributed by atoms with Gasteiger partial charge in [-0.05, 0) is 19.3 Å². The molecule has 1 saturated carbocycles. The number of hydrogen-bond donors (Lipinski definition) is 1. The van der Waals surface area contributed by atoms with E-state index in [1.165, 1.54) is 6.42 Å². The fourth-order valence-electron chi connectivity index (χ4n) is 2.10. The van der Waals surface area contributed by atoms with Crippen LogP contribution in [0.5, 0.6) is 0 Å². The van der Waals surface area contributed by atoms with Gasteiger partial charge >= 0.3 is 0 Å². The first-order chi connectivity index (χ1) is 7.23. The first-order valence-electron chi connectivity index (χ1n) is 6.07. The number of aliphatic hydroxyl groups excluding tert-OH is 1. The minimum atomic E-state index is -2.75. The van der Waals surface area contributed by atoms with Crippen LogP contribution in [0, 0.1) is 0 Å². The van der Waals surface area contributed by atoms with Gasteiger partial charge in [0.15, 0.2) is 0 Å². The third-order valence-corrected chi connectivity index (χ3v) is 5.78. The van der Waals surface area contributed by atoms with E-state index in [9.17, 15) is 9.67 Å². The maximum atomic E-state index is 12.3. The minimum Gasteiger partial charge on any atom is -0.386 e. The number of hydrogen-bond acceptors (Lipinski definition) is 3. The Labute approximate surface area is 92.7 Å². The lowest BCUT2D eigenvalue weighted by atomic mass is 10.0. The van der Waals surface area contributed by atoms with Crippen molar-refractivity contribution < 1.29 is 14.2 Å². The molecule has 0 aromatic heterocycles. The van der Waals surface area contributed by atoms with E-state index in [-0.39, 0.29) is 12.0 Å². The number of aliphatic hydroxyl groups is 1. The van der Waals surface area contributed by atoms with Gasteiger partial charge in [-0.25, -0.2) is 0 Å². The van der Waals surface area contributed by atoms with Gasteiger partial charge in [0.05, 0.1) is 6.61 Å². The second-order valence-corrected chi connectivity index (χ2v) is 7.07. The lowest BCUT2D eigenvalue weighted by Gasteiger charge is -2.28. The van der Waals surface area contributed by atoms with Gasteiger partial charge in [-0.3, -0.25) is 4.57 Å². The van der Waals surface area contributed by atoms with Crippen LogP contribution < -0.4 is 0 Å². The van der Waals surface area contributed by atoms with Crippen LogP contribution in [0.15, 0.2) is 0 Å². The van der Waals surface area contributed by atoms with E-state index >= 15 is 0 Å². The van der Waals surface area contributed by atoms with Crippen LogP contribution in [0.1, 0.15) is 51.9 Å². The van der Waals surface area contributed by atoms with Crippen molar-refractivity contribution in [1.29, 1.82) is 0 Å².